The fourth-order valence-corrected chi connectivity index (χ4v) is 3.22. The SMILES string of the molecule is COc1ccccc1N1CCC(NC(=O)c2ccc(CNC(N)=O)cc2)C1. The van der Waals surface area contributed by atoms with Gasteiger partial charge in [-0.2, -0.15) is 0 Å². The molecule has 142 valence electrons. The molecular formula is C20H24N4O3. The summed E-state index contributed by atoms with van der Waals surface area (Å²) in [4.78, 5) is 25.5. The highest BCUT2D eigenvalue weighted by Gasteiger charge is 2.26. The Morgan fingerprint density at radius 1 is 1.19 bits per heavy atom. The molecule has 1 unspecified atom stereocenters. The van der Waals surface area contributed by atoms with Gasteiger partial charge in [-0.05, 0) is 36.2 Å². The highest BCUT2D eigenvalue weighted by atomic mass is 16.5. The number of hydrogen-bond donors (Lipinski definition) is 3. The van der Waals surface area contributed by atoms with Gasteiger partial charge in [-0.1, -0.05) is 24.3 Å². The van der Waals surface area contributed by atoms with E-state index < -0.39 is 6.03 Å². The standard InChI is InChI=1S/C20H24N4O3/c1-27-18-5-3-2-4-17(18)24-11-10-16(13-24)23-19(25)15-8-6-14(7-9-15)12-22-20(21)26/h2-9,16H,10-13H2,1H3,(H,23,25)(H3,21,22,26). The first-order chi connectivity index (χ1) is 13.1. The number of hydrogen-bond acceptors (Lipinski definition) is 4. The quantitative estimate of drug-likeness (QED) is 0.725. The summed E-state index contributed by atoms with van der Waals surface area (Å²) in [5.74, 6) is 0.737. The summed E-state index contributed by atoms with van der Waals surface area (Å²) >= 11 is 0. The lowest BCUT2D eigenvalue weighted by atomic mass is 10.1. The summed E-state index contributed by atoms with van der Waals surface area (Å²) in [7, 11) is 1.66. The normalized spacial score (nSPS) is 16.0. The number of anilines is 1. The highest BCUT2D eigenvalue weighted by molar-refractivity contribution is 5.94. The number of rotatable bonds is 6. The fraction of sp³-hybridized carbons (Fsp3) is 0.300. The minimum atomic E-state index is -0.572. The van der Waals surface area contributed by atoms with Gasteiger partial charge in [0.1, 0.15) is 5.75 Å². The van der Waals surface area contributed by atoms with Gasteiger partial charge >= 0.3 is 6.03 Å². The van der Waals surface area contributed by atoms with Gasteiger partial charge in [-0.25, -0.2) is 4.79 Å². The first kappa shape index (κ1) is 18.6. The predicted molar refractivity (Wildman–Crippen MR) is 104 cm³/mol. The van der Waals surface area contributed by atoms with Crippen LogP contribution in [0.15, 0.2) is 48.5 Å². The average molecular weight is 368 g/mol. The summed E-state index contributed by atoms with van der Waals surface area (Å²) in [5.41, 5.74) is 7.57. The molecule has 1 heterocycles. The monoisotopic (exact) mass is 368 g/mol. The number of nitrogens with one attached hydrogen (secondary N) is 2. The van der Waals surface area contributed by atoms with Crippen LogP contribution in [-0.4, -0.2) is 38.2 Å². The molecule has 0 aromatic heterocycles. The highest BCUT2D eigenvalue weighted by Crippen LogP contribution is 2.30. The lowest BCUT2D eigenvalue weighted by Gasteiger charge is -2.21. The fourth-order valence-electron chi connectivity index (χ4n) is 3.22. The Morgan fingerprint density at radius 3 is 2.63 bits per heavy atom. The van der Waals surface area contributed by atoms with E-state index in [2.05, 4.69) is 15.5 Å². The maximum absolute atomic E-state index is 12.5. The van der Waals surface area contributed by atoms with Crippen LogP contribution in [0, 0.1) is 0 Å². The van der Waals surface area contributed by atoms with Crippen molar-refractivity contribution in [3.8, 4) is 5.75 Å². The van der Waals surface area contributed by atoms with Crippen molar-refractivity contribution in [1.82, 2.24) is 10.6 Å². The van der Waals surface area contributed by atoms with Gasteiger partial charge in [-0.3, -0.25) is 4.79 Å². The van der Waals surface area contributed by atoms with Crippen LogP contribution in [0.3, 0.4) is 0 Å². The molecule has 27 heavy (non-hydrogen) atoms. The molecule has 0 bridgehead atoms. The molecule has 0 spiro atoms. The van der Waals surface area contributed by atoms with Gasteiger partial charge in [0, 0.05) is 31.2 Å². The van der Waals surface area contributed by atoms with Crippen LogP contribution < -0.4 is 26.0 Å². The van der Waals surface area contributed by atoms with E-state index >= 15 is 0 Å². The van der Waals surface area contributed by atoms with Gasteiger partial charge in [-0.15, -0.1) is 0 Å². The number of benzene rings is 2. The summed E-state index contributed by atoms with van der Waals surface area (Å²) in [6.45, 7) is 1.95. The Kier molecular flexibility index (Phi) is 5.80. The predicted octanol–water partition coefficient (Wildman–Crippen LogP) is 1.87. The third-order valence-electron chi connectivity index (χ3n) is 4.63. The number of methoxy groups -OCH3 is 1. The van der Waals surface area contributed by atoms with Crippen molar-refractivity contribution in [3.05, 3.63) is 59.7 Å². The smallest absolute Gasteiger partial charge is 0.312 e. The van der Waals surface area contributed by atoms with Gasteiger partial charge < -0.3 is 26.0 Å². The second-order valence-corrected chi connectivity index (χ2v) is 6.49. The summed E-state index contributed by atoms with van der Waals surface area (Å²) in [6, 6.07) is 14.5. The first-order valence-electron chi connectivity index (χ1n) is 8.88. The van der Waals surface area contributed by atoms with Crippen LogP contribution in [0.4, 0.5) is 10.5 Å². The van der Waals surface area contributed by atoms with Crippen LogP contribution in [0.2, 0.25) is 0 Å². The molecule has 1 aliphatic heterocycles. The third-order valence-corrected chi connectivity index (χ3v) is 4.63. The lowest BCUT2D eigenvalue weighted by Crippen LogP contribution is -2.37. The van der Waals surface area contributed by atoms with Crippen LogP contribution in [0.5, 0.6) is 5.75 Å². The molecule has 0 radical (unpaired) electrons. The maximum Gasteiger partial charge on any atom is 0.312 e. The molecule has 2 aromatic carbocycles. The number of para-hydroxylation sites is 2. The Hall–Kier alpha value is -3.22. The molecule has 1 aliphatic rings. The van der Waals surface area contributed by atoms with Crippen molar-refractivity contribution in [1.29, 1.82) is 0 Å². The third kappa shape index (κ3) is 4.69. The number of nitrogens with zero attached hydrogens (tertiary/aromatic N) is 1. The molecule has 1 saturated heterocycles. The maximum atomic E-state index is 12.5. The zero-order chi connectivity index (χ0) is 19.2. The Morgan fingerprint density at radius 2 is 1.93 bits per heavy atom. The van der Waals surface area contributed by atoms with E-state index in [0.717, 1.165) is 36.5 Å². The number of nitrogens with two attached hydrogens (primary N) is 1. The molecule has 3 rings (SSSR count). The number of ether oxygens (including phenoxy) is 1. The summed E-state index contributed by atoms with van der Waals surface area (Å²) < 4.78 is 5.43. The molecule has 3 amide bonds. The second-order valence-electron chi connectivity index (χ2n) is 6.49. The largest absolute Gasteiger partial charge is 0.495 e. The molecule has 7 heteroatoms. The van der Waals surface area contributed by atoms with Gasteiger partial charge in [0.2, 0.25) is 0 Å². The second kappa shape index (κ2) is 8.44. The van der Waals surface area contributed by atoms with E-state index in [9.17, 15) is 9.59 Å². The molecule has 1 fully saturated rings. The number of carbonyl (C=O) groups excluding carboxylic acids is 2. The van der Waals surface area contributed by atoms with Crippen molar-refractivity contribution in [2.45, 2.75) is 19.0 Å². The minimum Gasteiger partial charge on any atom is -0.495 e. The first-order valence-corrected chi connectivity index (χ1v) is 8.88. The zero-order valence-corrected chi connectivity index (χ0v) is 15.3. The van der Waals surface area contributed by atoms with Crippen LogP contribution in [-0.2, 0) is 6.54 Å². The van der Waals surface area contributed by atoms with Gasteiger partial charge in [0.25, 0.3) is 5.91 Å². The van der Waals surface area contributed by atoms with Crippen molar-refractivity contribution in [2.24, 2.45) is 5.73 Å². The van der Waals surface area contributed by atoms with E-state index in [-0.39, 0.29) is 11.9 Å². The summed E-state index contributed by atoms with van der Waals surface area (Å²) in [5, 5.41) is 5.61. The van der Waals surface area contributed by atoms with Crippen LogP contribution in [0.1, 0.15) is 22.3 Å². The van der Waals surface area contributed by atoms with Crippen LogP contribution >= 0.6 is 0 Å². The van der Waals surface area contributed by atoms with E-state index in [0.29, 0.717) is 12.1 Å². The Bertz CT molecular complexity index is 807. The zero-order valence-electron chi connectivity index (χ0n) is 15.3. The average Bonchev–Trinajstić information content (AvgIpc) is 3.15. The molecule has 4 N–H and O–H groups in total. The number of carbonyl (C=O) groups is 2. The molecule has 7 nitrogen and oxygen atoms in total. The van der Waals surface area contributed by atoms with Crippen molar-refractivity contribution >= 4 is 17.6 Å². The van der Waals surface area contributed by atoms with Gasteiger partial charge in [0.05, 0.1) is 12.8 Å². The van der Waals surface area contributed by atoms with Crippen molar-refractivity contribution < 1.29 is 14.3 Å². The van der Waals surface area contributed by atoms with Crippen molar-refractivity contribution in [2.75, 3.05) is 25.1 Å². The molecule has 0 aliphatic carbocycles. The Labute approximate surface area is 158 Å². The van der Waals surface area contributed by atoms with E-state index in [4.69, 9.17) is 10.5 Å². The molecular weight excluding hydrogens is 344 g/mol. The Balaban J connectivity index is 1.56. The van der Waals surface area contributed by atoms with E-state index in [1.165, 1.54) is 0 Å². The van der Waals surface area contributed by atoms with Gasteiger partial charge in [0.15, 0.2) is 0 Å². The van der Waals surface area contributed by atoms with Crippen molar-refractivity contribution in [3.63, 3.8) is 0 Å². The van der Waals surface area contributed by atoms with Crippen LogP contribution in [0.25, 0.3) is 0 Å². The molecule has 1 atom stereocenters. The summed E-state index contributed by atoms with van der Waals surface area (Å²) in [6.07, 6.45) is 0.879. The lowest BCUT2D eigenvalue weighted by molar-refractivity contribution is 0.0940. The topological polar surface area (TPSA) is 96.7 Å². The molecule has 2 aromatic rings. The number of primary amides is 1. The minimum absolute atomic E-state index is 0.0821. The number of amides is 3. The number of urea groups is 1. The van der Waals surface area contributed by atoms with E-state index in [1.807, 2.05) is 24.3 Å². The molecule has 0 saturated carbocycles. The van der Waals surface area contributed by atoms with E-state index in [1.54, 1.807) is 31.4 Å².